The Balaban J connectivity index is 2.06. The lowest BCUT2D eigenvalue weighted by molar-refractivity contribution is 0.176. The van der Waals surface area contributed by atoms with Crippen molar-refractivity contribution < 1.29 is 14.6 Å². The van der Waals surface area contributed by atoms with E-state index in [0.29, 0.717) is 33.7 Å². The molecule has 0 atom stereocenters. The molecule has 2 aromatic heterocycles. The molecule has 20 heavy (non-hydrogen) atoms. The normalized spacial score (nSPS) is 11.1. The second kappa shape index (κ2) is 5.06. The van der Waals surface area contributed by atoms with Gasteiger partial charge < -0.3 is 14.6 Å². The van der Waals surface area contributed by atoms with E-state index < -0.39 is 0 Å². The molecule has 0 aliphatic rings. The number of ether oxygens (including phenoxy) is 2. The number of rotatable bonds is 4. The summed E-state index contributed by atoms with van der Waals surface area (Å²) in [6.07, 6.45) is 0. The van der Waals surface area contributed by atoms with Crippen molar-refractivity contribution in [2.45, 2.75) is 6.61 Å². The summed E-state index contributed by atoms with van der Waals surface area (Å²) >= 11 is 1.35. The van der Waals surface area contributed by atoms with Crippen LogP contribution in [0.2, 0.25) is 0 Å². The highest BCUT2D eigenvalue weighted by Gasteiger charge is 2.15. The summed E-state index contributed by atoms with van der Waals surface area (Å²) in [5, 5.41) is 23.1. The molecule has 3 aromatic rings. The van der Waals surface area contributed by atoms with Crippen molar-refractivity contribution in [3.8, 4) is 22.1 Å². The van der Waals surface area contributed by atoms with Gasteiger partial charge in [0, 0.05) is 13.2 Å². The van der Waals surface area contributed by atoms with Crippen molar-refractivity contribution in [2.24, 2.45) is 0 Å². The zero-order chi connectivity index (χ0) is 14.1. The summed E-state index contributed by atoms with van der Waals surface area (Å²) in [5.74, 6) is 1.33. The van der Waals surface area contributed by atoms with Gasteiger partial charge in [0.05, 0.1) is 12.7 Å². The highest BCUT2D eigenvalue weighted by Crippen LogP contribution is 2.34. The Kier molecular flexibility index (Phi) is 3.25. The summed E-state index contributed by atoms with van der Waals surface area (Å²) in [6.45, 7) is 0.332. The van der Waals surface area contributed by atoms with Crippen molar-refractivity contribution in [1.82, 2.24) is 19.8 Å². The summed E-state index contributed by atoms with van der Waals surface area (Å²) in [7, 11) is 3.14. The van der Waals surface area contributed by atoms with E-state index in [2.05, 4.69) is 15.3 Å². The summed E-state index contributed by atoms with van der Waals surface area (Å²) < 4.78 is 11.7. The second-order valence-electron chi connectivity index (χ2n) is 4.03. The maximum atomic E-state index is 10.0. The number of nitrogens with zero attached hydrogens (tertiary/aromatic N) is 4. The fourth-order valence-corrected chi connectivity index (χ4v) is 2.70. The smallest absolute Gasteiger partial charge is 0.235 e. The fourth-order valence-electron chi connectivity index (χ4n) is 1.80. The van der Waals surface area contributed by atoms with Gasteiger partial charge in [0.1, 0.15) is 18.1 Å². The molecule has 2 heterocycles. The summed E-state index contributed by atoms with van der Waals surface area (Å²) in [4.78, 5) is 0.655. The number of methoxy groups -OCH3 is 2. The van der Waals surface area contributed by atoms with E-state index >= 15 is 0 Å². The first-order valence-corrected chi connectivity index (χ1v) is 6.62. The first-order chi connectivity index (χ1) is 9.72. The molecule has 0 amide bonds. The lowest BCUT2D eigenvalue weighted by atomic mass is 10.2. The fraction of sp³-hybridized carbons (Fsp3) is 0.250. The van der Waals surface area contributed by atoms with Crippen LogP contribution < -0.4 is 4.74 Å². The molecule has 0 spiro atoms. The van der Waals surface area contributed by atoms with Crippen molar-refractivity contribution in [3.63, 3.8) is 0 Å². The van der Waals surface area contributed by atoms with Gasteiger partial charge in [-0.2, -0.15) is 9.61 Å². The van der Waals surface area contributed by atoms with Gasteiger partial charge in [0.2, 0.25) is 4.96 Å². The Hall–Kier alpha value is -2.19. The Labute approximate surface area is 118 Å². The molecule has 0 radical (unpaired) electrons. The molecule has 104 valence electrons. The highest BCUT2D eigenvalue weighted by atomic mass is 32.1. The van der Waals surface area contributed by atoms with E-state index in [1.165, 1.54) is 11.3 Å². The maximum absolute atomic E-state index is 10.0. The molecule has 8 heteroatoms. The molecule has 0 saturated heterocycles. The van der Waals surface area contributed by atoms with Gasteiger partial charge >= 0.3 is 0 Å². The first-order valence-electron chi connectivity index (χ1n) is 5.80. The number of fused-ring (bicyclic) bond motifs is 1. The third kappa shape index (κ3) is 2.08. The quantitative estimate of drug-likeness (QED) is 0.788. The van der Waals surface area contributed by atoms with Crippen molar-refractivity contribution in [3.05, 3.63) is 24.0 Å². The molecule has 0 bridgehead atoms. The van der Waals surface area contributed by atoms with Crippen LogP contribution in [-0.2, 0) is 11.3 Å². The van der Waals surface area contributed by atoms with E-state index in [-0.39, 0.29) is 5.75 Å². The minimum atomic E-state index is 0.114. The van der Waals surface area contributed by atoms with Gasteiger partial charge in [-0.15, -0.1) is 10.2 Å². The largest absolute Gasteiger partial charge is 0.507 e. The molecule has 1 N–H and O–H groups in total. The molecule has 0 unspecified atom stereocenters. The van der Waals surface area contributed by atoms with Crippen LogP contribution >= 0.6 is 11.3 Å². The minimum absolute atomic E-state index is 0.114. The van der Waals surface area contributed by atoms with Gasteiger partial charge in [-0.1, -0.05) is 11.3 Å². The van der Waals surface area contributed by atoms with Gasteiger partial charge in [-0.05, 0) is 12.1 Å². The van der Waals surface area contributed by atoms with Crippen molar-refractivity contribution in [2.75, 3.05) is 14.2 Å². The van der Waals surface area contributed by atoms with Crippen LogP contribution in [0.1, 0.15) is 5.82 Å². The number of hydrogen-bond donors (Lipinski definition) is 1. The predicted molar refractivity (Wildman–Crippen MR) is 73.0 cm³/mol. The van der Waals surface area contributed by atoms with Crippen LogP contribution in [0, 0.1) is 0 Å². The lowest BCUT2D eigenvalue weighted by Gasteiger charge is -2.03. The Bertz CT molecular complexity index is 752. The molecule has 7 nitrogen and oxygen atoms in total. The average Bonchev–Trinajstić information content (AvgIpc) is 3.01. The average molecular weight is 292 g/mol. The lowest BCUT2D eigenvalue weighted by Crippen LogP contribution is -1.97. The van der Waals surface area contributed by atoms with Crippen LogP contribution in [0.25, 0.3) is 15.5 Å². The zero-order valence-corrected chi connectivity index (χ0v) is 11.7. The molecule has 0 aliphatic heterocycles. The zero-order valence-electron chi connectivity index (χ0n) is 10.9. The predicted octanol–water partition coefficient (Wildman–Crippen LogP) is 1.71. The Morgan fingerprint density at radius 3 is 2.85 bits per heavy atom. The Morgan fingerprint density at radius 2 is 2.15 bits per heavy atom. The van der Waals surface area contributed by atoms with Crippen LogP contribution in [0.4, 0.5) is 0 Å². The maximum Gasteiger partial charge on any atom is 0.235 e. The molecule has 3 rings (SSSR count). The Morgan fingerprint density at radius 1 is 1.30 bits per heavy atom. The van der Waals surface area contributed by atoms with Crippen LogP contribution in [0.15, 0.2) is 18.2 Å². The number of phenols is 1. The molecule has 0 saturated carbocycles. The van der Waals surface area contributed by atoms with Gasteiger partial charge in [0.25, 0.3) is 0 Å². The van der Waals surface area contributed by atoms with Crippen LogP contribution in [-0.4, -0.2) is 39.1 Å². The number of phenolic OH excluding ortho intramolecular Hbond substituents is 1. The third-order valence-electron chi connectivity index (χ3n) is 2.76. The van der Waals surface area contributed by atoms with Crippen molar-refractivity contribution >= 4 is 16.3 Å². The van der Waals surface area contributed by atoms with Crippen LogP contribution in [0.5, 0.6) is 11.5 Å². The number of aromatic nitrogens is 4. The number of hydrogen-bond acceptors (Lipinski definition) is 7. The summed E-state index contributed by atoms with van der Waals surface area (Å²) in [6, 6.07) is 5.08. The van der Waals surface area contributed by atoms with Gasteiger partial charge in [-0.25, -0.2) is 0 Å². The molecular weight excluding hydrogens is 280 g/mol. The van der Waals surface area contributed by atoms with E-state index in [4.69, 9.17) is 9.47 Å². The topological polar surface area (TPSA) is 81.8 Å². The highest BCUT2D eigenvalue weighted by molar-refractivity contribution is 7.19. The van der Waals surface area contributed by atoms with Crippen molar-refractivity contribution in [1.29, 1.82) is 0 Å². The second-order valence-corrected chi connectivity index (χ2v) is 4.99. The SMILES string of the molecule is COCc1nnc2sc(-c3ccc(OC)cc3O)nn12. The molecule has 0 fully saturated rings. The summed E-state index contributed by atoms with van der Waals surface area (Å²) in [5.41, 5.74) is 0.629. The minimum Gasteiger partial charge on any atom is -0.507 e. The van der Waals surface area contributed by atoms with Crippen LogP contribution in [0.3, 0.4) is 0 Å². The van der Waals surface area contributed by atoms with Gasteiger partial charge in [0.15, 0.2) is 10.8 Å². The number of aromatic hydroxyl groups is 1. The van der Waals surface area contributed by atoms with E-state index in [1.807, 2.05) is 0 Å². The molecule has 1 aromatic carbocycles. The van der Waals surface area contributed by atoms with E-state index in [0.717, 1.165) is 0 Å². The van der Waals surface area contributed by atoms with E-state index in [9.17, 15) is 5.11 Å². The standard InChI is InChI=1S/C12H12N4O3S/c1-18-6-10-13-14-12-16(10)15-11(20-12)8-4-3-7(19-2)5-9(8)17/h3-5,17H,6H2,1-2H3. The molecular formula is C12H12N4O3S. The molecule has 0 aliphatic carbocycles. The van der Waals surface area contributed by atoms with E-state index in [1.54, 1.807) is 36.9 Å². The van der Waals surface area contributed by atoms with Gasteiger partial charge in [-0.3, -0.25) is 0 Å². The number of benzene rings is 1. The third-order valence-corrected chi connectivity index (χ3v) is 3.70. The monoisotopic (exact) mass is 292 g/mol. The first kappa shape index (κ1) is 12.8.